The van der Waals surface area contributed by atoms with Crippen LogP contribution in [0.4, 0.5) is 0 Å². The fraction of sp³-hybridized carbons (Fsp3) is 0.333. The first-order chi connectivity index (χ1) is 10.8. The van der Waals surface area contributed by atoms with Gasteiger partial charge in [-0.15, -0.1) is 0 Å². The molecule has 1 aliphatic rings. The van der Waals surface area contributed by atoms with Crippen LogP contribution >= 0.6 is 0 Å². The molecule has 1 aliphatic heterocycles. The van der Waals surface area contributed by atoms with E-state index in [9.17, 15) is 4.79 Å². The fourth-order valence-electron chi connectivity index (χ4n) is 2.79. The van der Waals surface area contributed by atoms with E-state index in [-0.39, 0.29) is 18.4 Å². The highest BCUT2D eigenvalue weighted by Gasteiger charge is 2.25. The number of rotatable bonds is 3. The Bertz CT molecular complexity index is 789. The number of hydrogen-bond acceptors (Lipinski definition) is 5. The van der Waals surface area contributed by atoms with Gasteiger partial charge in [-0.3, -0.25) is 9.48 Å². The van der Waals surface area contributed by atoms with Crippen molar-refractivity contribution in [1.29, 1.82) is 0 Å². The highest BCUT2D eigenvalue weighted by Crippen LogP contribution is 2.20. The summed E-state index contributed by atoms with van der Waals surface area (Å²) in [7, 11) is 0. The largest absolute Gasteiger partial charge is 0.437 e. The molecule has 1 N–H and O–H groups in total. The van der Waals surface area contributed by atoms with Crippen molar-refractivity contribution >= 4 is 17.1 Å². The van der Waals surface area contributed by atoms with Crippen molar-refractivity contribution in [3.05, 3.63) is 42.2 Å². The van der Waals surface area contributed by atoms with Crippen molar-refractivity contribution in [1.82, 2.24) is 25.1 Å². The van der Waals surface area contributed by atoms with Crippen LogP contribution in [0.25, 0.3) is 11.2 Å². The molecule has 0 radical (unpaired) electrons. The zero-order valence-corrected chi connectivity index (χ0v) is 11.9. The van der Waals surface area contributed by atoms with Gasteiger partial charge < -0.3 is 9.73 Å². The molecule has 3 aromatic heterocycles. The van der Waals surface area contributed by atoms with E-state index in [1.54, 1.807) is 18.5 Å². The average Bonchev–Trinajstić information content (AvgIpc) is 3.17. The minimum Gasteiger partial charge on any atom is -0.437 e. The fourth-order valence-corrected chi connectivity index (χ4v) is 2.79. The normalized spacial score (nSPS) is 17.4. The van der Waals surface area contributed by atoms with Crippen LogP contribution < -0.4 is 5.32 Å². The first-order valence-electron chi connectivity index (χ1n) is 7.28. The molecule has 1 unspecified atom stereocenters. The Labute approximate surface area is 126 Å². The minimum absolute atomic E-state index is 0.0216. The molecule has 7 heteroatoms. The Morgan fingerprint density at radius 2 is 2.36 bits per heavy atom. The van der Waals surface area contributed by atoms with Gasteiger partial charge >= 0.3 is 0 Å². The molecule has 1 atom stereocenters. The van der Waals surface area contributed by atoms with E-state index in [0.29, 0.717) is 17.1 Å². The molecule has 7 nitrogen and oxygen atoms in total. The second kappa shape index (κ2) is 5.25. The van der Waals surface area contributed by atoms with Crippen LogP contribution in [0.1, 0.15) is 18.0 Å². The molecular formula is C15H15N5O2. The highest BCUT2D eigenvalue weighted by molar-refractivity contribution is 5.79. The quantitative estimate of drug-likeness (QED) is 0.787. The molecule has 0 fully saturated rings. The smallest absolute Gasteiger partial charge is 0.224 e. The number of carbonyl (C=O) groups excluding carboxylic acids is 1. The number of nitrogens with zero attached hydrogens (tertiary/aromatic N) is 4. The predicted octanol–water partition coefficient (Wildman–Crippen LogP) is 1.30. The molecule has 0 bridgehead atoms. The highest BCUT2D eigenvalue weighted by atomic mass is 16.3. The second-order valence-electron chi connectivity index (χ2n) is 5.39. The Balaban J connectivity index is 1.40. The summed E-state index contributed by atoms with van der Waals surface area (Å²) in [4.78, 5) is 20.7. The minimum atomic E-state index is -0.0216. The lowest BCUT2D eigenvalue weighted by Gasteiger charge is -2.22. The van der Waals surface area contributed by atoms with Crippen LogP contribution in [0.15, 0.2) is 35.0 Å². The summed E-state index contributed by atoms with van der Waals surface area (Å²) in [5, 5.41) is 7.12. The maximum atomic E-state index is 12.3. The molecule has 4 rings (SSSR count). The maximum Gasteiger partial charge on any atom is 0.224 e. The molecule has 3 aromatic rings. The van der Waals surface area contributed by atoms with Gasteiger partial charge in [0.1, 0.15) is 0 Å². The van der Waals surface area contributed by atoms with Crippen molar-refractivity contribution < 1.29 is 9.21 Å². The molecule has 4 heterocycles. The van der Waals surface area contributed by atoms with Gasteiger partial charge in [-0.25, -0.2) is 4.98 Å². The summed E-state index contributed by atoms with van der Waals surface area (Å²) < 4.78 is 7.50. The molecule has 0 aliphatic carbocycles. The van der Waals surface area contributed by atoms with Crippen LogP contribution in [0.3, 0.4) is 0 Å². The van der Waals surface area contributed by atoms with E-state index >= 15 is 0 Å². The molecular weight excluding hydrogens is 282 g/mol. The maximum absolute atomic E-state index is 12.3. The van der Waals surface area contributed by atoms with Crippen LogP contribution in [-0.2, 0) is 24.3 Å². The number of fused-ring (bicyclic) bond motifs is 2. The zero-order chi connectivity index (χ0) is 14.9. The summed E-state index contributed by atoms with van der Waals surface area (Å²) in [6, 6.07) is 5.57. The van der Waals surface area contributed by atoms with Gasteiger partial charge in [0, 0.05) is 37.0 Å². The van der Waals surface area contributed by atoms with Gasteiger partial charge in [0.15, 0.2) is 11.2 Å². The Hall–Kier alpha value is -2.70. The van der Waals surface area contributed by atoms with E-state index < -0.39 is 0 Å². The van der Waals surface area contributed by atoms with E-state index in [2.05, 4.69) is 20.4 Å². The molecule has 1 amide bonds. The number of carbonyl (C=O) groups is 1. The van der Waals surface area contributed by atoms with E-state index in [0.717, 1.165) is 25.1 Å². The lowest BCUT2D eigenvalue weighted by Crippen LogP contribution is -2.35. The lowest BCUT2D eigenvalue weighted by molar-refractivity contribution is -0.125. The summed E-state index contributed by atoms with van der Waals surface area (Å²) in [5.74, 6) is 0.484. The summed E-state index contributed by atoms with van der Waals surface area (Å²) in [6.07, 6.45) is 4.97. The van der Waals surface area contributed by atoms with E-state index in [4.69, 9.17) is 4.42 Å². The lowest BCUT2D eigenvalue weighted by atomic mass is 9.95. The number of nitrogens with one attached hydrogen (secondary N) is 1. The van der Waals surface area contributed by atoms with Gasteiger partial charge in [-0.2, -0.15) is 10.1 Å². The van der Waals surface area contributed by atoms with Crippen molar-refractivity contribution in [2.24, 2.45) is 5.92 Å². The second-order valence-corrected chi connectivity index (χ2v) is 5.39. The monoisotopic (exact) mass is 297 g/mol. The predicted molar refractivity (Wildman–Crippen MR) is 77.7 cm³/mol. The third kappa shape index (κ3) is 2.34. The first-order valence-corrected chi connectivity index (χ1v) is 7.28. The van der Waals surface area contributed by atoms with Gasteiger partial charge in [0.2, 0.25) is 11.8 Å². The number of amides is 1. The van der Waals surface area contributed by atoms with Gasteiger partial charge in [0.25, 0.3) is 0 Å². The van der Waals surface area contributed by atoms with Crippen LogP contribution in [-0.4, -0.2) is 25.7 Å². The van der Waals surface area contributed by atoms with Crippen molar-refractivity contribution in [2.75, 3.05) is 0 Å². The first kappa shape index (κ1) is 13.0. The van der Waals surface area contributed by atoms with Crippen molar-refractivity contribution in [3.8, 4) is 0 Å². The van der Waals surface area contributed by atoms with Crippen molar-refractivity contribution in [2.45, 2.75) is 25.9 Å². The molecule has 22 heavy (non-hydrogen) atoms. The molecule has 112 valence electrons. The number of aryl methyl sites for hydroxylation is 1. The standard InChI is InChI=1S/C15H15N5O2/c21-15(10-4-7-20-11(8-10)3-6-18-20)17-9-13-19-14-12(22-13)2-1-5-16-14/h1-3,5-6,10H,4,7-9H2,(H,17,21). The average molecular weight is 297 g/mol. The Kier molecular flexibility index (Phi) is 3.10. The van der Waals surface area contributed by atoms with Gasteiger partial charge in [-0.05, 0) is 24.6 Å². The van der Waals surface area contributed by atoms with Crippen LogP contribution in [0.5, 0.6) is 0 Å². The number of hydrogen-bond donors (Lipinski definition) is 1. The van der Waals surface area contributed by atoms with E-state index in [1.165, 1.54) is 0 Å². The number of aromatic nitrogens is 4. The SMILES string of the molecule is O=C(NCc1nc2ncccc2o1)C1CCn2nccc2C1. The summed E-state index contributed by atoms with van der Waals surface area (Å²) in [5.41, 5.74) is 2.30. The third-order valence-corrected chi connectivity index (χ3v) is 3.94. The van der Waals surface area contributed by atoms with E-state index in [1.807, 2.05) is 16.8 Å². The molecule has 0 aromatic carbocycles. The number of oxazole rings is 1. The number of pyridine rings is 1. The summed E-state index contributed by atoms with van der Waals surface area (Å²) in [6.45, 7) is 1.07. The summed E-state index contributed by atoms with van der Waals surface area (Å²) >= 11 is 0. The van der Waals surface area contributed by atoms with Crippen LogP contribution in [0, 0.1) is 5.92 Å². The van der Waals surface area contributed by atoms with Crippen molar-refractivity contribution in [3.63, 3.8) is 0 Å². The Morgan fingerprint density at radius 3 is 3.27 bits per heavy atom. The van der Waals surface area contributed by atoms with Gasteiger partial charge in [0.05, 0.1) is 6.54 Å². The third-order valence-electron chi connectivity index (χ3n) is 3.94. The van der Waals surface area contributed by atoms with Crippen LogP contribution in [0.2, 0.25) is 0 Å². The zero-order valence-electron chi connectivity index (χ0n) is 11.9. The molecule has 0 saturated carbocycles. The molecule has 0 saturated heterocycles. The van der Waals surface area contributed by atoms with Gasteiger partial charge in [-0.1, -0.05) is 0 Å². The topological polar surface area (TPSA) is 85.8 Å². The Morgan fingerprint density at radius 1 is 1.41 bits per heavy atom. The molecule has 0 spiro atoms.